The molecule has 7 heteroatoms. The van der Waals surface area contributed by atoms with Crippen LogP contribution < -0.4 is 10.5 Å². The zero-order valence-corrected chi connectivity index (χ0v) is 9.74. The molecule has 0 radical (unpaired) electrons. The number of nitrogens with two attached hydrogens (primary N) is 1. The van der Waals surface area contributed by atoms with Crippen LogP contribution in [0, 0.1) is 0 Å². The van der Waals surface area contributed by atoms with Crippen LogP contribution in [0.5, 0.6) is 5.75 Å². The molecule has 0 bridgehead atoms. The number of aromatic nitrogens is 5. The van der Waals surface area contributed by atoms with Crippen molar-refractivity contribution in [3.63, 3.8) is 0 Å². The predicted octanol–water partition coefficient (Wildman–Crippen LogP) is -0.144. The number of pyridine rings is 1. The summed E-state index contributed by atoms with van der Waals surface area (Å²) in [7, 11) is 3.31. The highest BCUT2D eigenvalue weighted by Crippen LogP contribution is 2.23. The molecule has 2 rings (SSSR count). The van der Waals surface area contributed by atoms with Gasteiger partial charge in [-0.3, -0.25) is 4.98 Å². The second-order valence-electron chi connectivity index (χ2n) is 3.62. The van der Waals surface area contributed by atoms with Gasteiger partial charge in [0.15, 0.2) is 5.82 Å². The minimum atomic E-state index is -0.239. The largest absolute Gasteiger partial charge is 0.495 e. The Kier molecular flexibility index (Phi) is 3.29. The molecule has 2 aromatic rings. The number of tetrazole rings is 1. The van der Waals surface area contributed by atoms with E-state index in [1.165, 1.54) is 4.80 Å². The Balaban J connectivity index is 2.16. The molecule has 0 aliphatic rings. The number of methoxy groups -OCH3 is 1. The third kappa shape index (κ3) is 2.56. The van der Waals surface area contributed by atoms with Gasteiger partial charge in [-0.25, -0.2) is 0 Å². The van der Waals surface area contributed by atoms with Gasteiger partial charge in [0.25, 0.3) is 0 Å². The molecule has 0 amide bonds. The number of rotatable bonds is 4. The van der Waals surface area contributed by atoms with Crippen LogP contribution in [0.25, 0.3) is 0 Å². The van der Waals surface area contributed by atoms with E-state index in [1.807, 2.05) is 6.07 Å². The number of ether oxygens (including phenoxy) is 1. The third-order valence-corrected chi connectivity index (χ3v) is 2.39. The Hall–Kier alpha value is -2.02. The Bertz CT molecular complexity index is 497. The van der Waals surface area contributed by atoms with E-state index in [1.54, 1.807) is 26.6 Å². The van der Waals surface area contributed by atoms with Gasteiger partial charge >= 0.3 is 0 Å². The van der Waals surface area contributed by atoms with Crippen molar-refractivity contribution in [3.05, 3.63) is 29.8 Å². The first-order valence-corrected chi connectivity index (χ1v) is 5.17. The van der Waals surface area contributed by atoms with Crippen LogP contribution in [0.2, 0.25) is 0 Å². The fraction of sp³-hybridized carbons (Fsp3) is 0.400. The molecule has 1 unspecified atom stereocenters. The Labute approximate surface area is 98.6 Å². The van der Waals surface area contributed by atoms with Crippen LogP contribution >= 0.6 is 0 Å². The summed E-state index contributed by atoms with van der Waals surface area (Å²) in [6.45, 7) is 0. The highest BCUT2D eigenvalue weighted by Gasteiger charge is 2.14. The minimum absolute atomic E-state index is 0.239. The van der Waals surface area contributed by atoms with Gasteiger partial charge in [0.2, 0.25) is 0 Å². The van der Waals surface area contributed by atoms with Gasteiger partial charge in [-0.1, -0.05) is 0 Å². The first kappa shape index (κ1) is 11.5. The first-order chi connectivity index (χ1) is 8.20. The Morgan fingerprint density at radius 1 is 1.53 bits per heavy atom. The molecule has 2 N–H and O–H groups in total. The summed E-state index contributed by atoms with van der Waals surface area (Å²) in [5, 5.41) is 11.8. The summed E-state index contributed by atoms with van der Waals surface area (Å²) < 4.78 is 5.21. The lowest BCUT2D eigenvalue weighted by Gasteiger charge is -2.13. The van der Waals surface area contributed by atoms with Crippen molar-refractivity contribution in [2.45, 2.75) is 12.5 Å². The lowest BCUT2D eigenvalue weighted by atomic mass is 10.1. The maximum absolute atomic E-state index is 6.09. The molecule has 0 aliphatic heterocycles. The van der Waals surface area contributed by atoms with Crippen molar-refractivity contribution in [1.29, 1.82) is 0 Å². The van der Waals surface area contributed by atoms with E-state index < -0.39 is 0 Å². The van der Waals surface area contributed by atoms with E-state index in [4.69, 9.17) is 10.5 Å². The van der Waals surface area contributed by atoms with Gasteiger partial charge in [0.05, 0.1) is 20.4 Å². The summed E-state index contributed by atoms with van der Waals surface area (Å²) in [4.78, 5) is 5.39. The van der Waals surface area contributed by atoms with E-state index >= 15 is 0 Å². The highest BCUT2D eigenvalue weighted by atomic mass is 16.5. The lowest BCUT2D eigenvalue weighted by Crippen LogP contribution is -2.15. The quantitative estimate of drug-likeness (QED) is 0.791. The van der Waals surface area contributed by atoms with Crippen LogP contribution in [-0.2, 0) is 13.5 Å². The Morgan fingerprint density at radius 2 is 2.35 bits per heavy atom. The fourth-order valence-corrected chi connectivity index (χ4v) is 1.58. The van der Waals surface area contributed by atoms with Crippen LogP contribution in [0.15, 0.2) is 18.5 Å². The highest BCUT2D eigenvalue weighted by molar-refractivity contribution is 5.32. The molecule has 0 saturated carbocycles. The Morgan fingerprint density at radius 3 is 3.00 bits per heavy atom. The average Bonchev–Trinajstić information content (AvgIpc) is 2.74. The van der Waals surface area contributed by atoms with Crippen molar-refractivity contribution >= 4 is 0 Å². The molecule has 0 aliphatic carbocycles. The summed E-state index contributed by atoms with van der Waals surface area (Å²) in [5.74, 6) is 1.28. The molecular formula is C10H14N6O. The molecule has 7 nitrogen and oxygen atoms in total. The van der Waals surface area contributed by atoms with Gasteiger partial charge in [-0.2, -0.15) is 4.80 Å². The van der Waals surface area contributed by atoms with E-state index in [-0.39, 0.29) is 6.04 Å². The molecule has 0 fully saturated rings. The second kappa shape index (κ2) is 4.88. The lowest BCUT2D eigenvalue weighted by molar-refractivity contribution is 0.403. The van der Waals surface area contributed by atoms with Gasteiger partial charge in [0, 0.05) is 24.2 Å². The zero-order valence-electron chi connectivity index (χ0n) is 9.74. The van der Waals surface area contributed by atoms with Gasteiger partial charge in [-0.05, 0) is 11.3 Å². The maximum atomic E-state index is 6.09. The monoisotopic (exact) mass is 234 g/mol. The average molecular weight is 234 g/mol. The molecule has 0 aromatic carbocycles. The summed E-state index contributed by atoms with van der Waals surface area (Å²) in [5.41, 5.74) is 6.97. The minimum Gasteiger partial charge on any atom is -0.495 e. The molecule has 17 heavy (non-hydrogen) atoms. The summed E-state index contributed by atoms with van der Waals surface area (Å²) in [6.07, 6.45) is 3.83. The second-order valence-corrected chi connectivity index (χ2v) is 3.62. The summed E-state index contributed by atoms with van der Waals surface area (Å²) >= 11 is 0. The van der Waals surface area contributed by atoms with Crippen LogP contribution in [0.3, 0.4) is 0 Å². The molecular weight excluding hydrogens is 220 g/mol. The number of hydrogen-bond donors (Lipinski definition) is 1. The van der Waals surface area contributed by atoms with E-state index in [0.29, 0.717) is 18.0 Å². The van der Waals surface area contributed by atoms with E-state index in [0.717, 1.165) is 5.56 Å². The predicted molar refractivity (Wildman–Crippen MR) is 60.2 cm³/mol. The van der Waals surface area contributed by atoms with Crippen molar-refractivity contribution in [2.24, 2.45) is 12.8 Å². The topological polar surface area (TPSA) is 91.7 Å². The van der Waals surface area contributed by atoms with Crippen molar-refractivity contribution < 1.29 is 4.74 Å². The van der Waals surface area contributed by atoms with Crippen molar-refractivity contribution in [2.75, 3.05) is 7.11 Å². The molecule has 1 atom stereocenters. The van der Waals surface area contributed by atoms with Crippen LogP contribution in [0.4, 0.5) is 0 Å². The molecule has 0 spiro atoms. The van der Waals surface area contributed by atoms with E-state index in [2.05, 4.69) is 20.4 Å². The SMILES string of the molecule is COc1cnccc1C(N)Cc1nnn(C)n1. The number of nitrogens with zero attached hydrogens (tertiary/aromatic N) is 5. The van der Waals surface area contributed by atoms with Crippen LogP contribution in [0.1, 0.15) is 17.4 Å². The number of aryl methyl sites for hydroxylation is 1. The normalized spacial score (nSPS) is 12.4. The van der Waals surface area contributed by atoms with Crippen molar-refractivity contribution in [3.8, 4) is 5.75 Å². The summed E-state index contributed by atoms with van der Waals surface area (Å²) in [6, 6.07) is 1.59. The third-order valence-electron chi connectivity index (χ3n) is 2.39. The zero-order chi connectivity index (χ0) is 12.3. The van der Waals surface area contributed by atoms with Gasteiger partial charge < -0.3 is 10.5 Å². The molecule has 0 saturated heterocycles. The standard InChI is InChI=1S/C10H14N6O/c1-16-14-10(13-15-16)5-8(11)7-3-4-12-6-9(7)17-2/h3-4,6,8H,5,11H2,1-2H3. The smallest absolute Gasteiger partial charge is 0.176 e. The number of hydrogen-bond acceptors (Lipinski definition) is 6. The van der Waals surface area contributed by atoms with Gasteiger partial charge in [0.1, 0.15) is 5.75 Å². The van der Waals surface area contributed by atoms with Gasteiger partial charge in [-0.15, -0.1) is 10.2 Å². The van der Waals surface area contributed by atoms with Crippen molar-refractivity contribution in [1.82, 2.24) is 25.2 Å². The molecule has 90 valence electrons. The molecule has 2 aromatic heterocycles. The van der Waals surface area contributed by atoms with E-state index in [9.17, 15) is 0 Å². The molecule has 2 heterocycles. The maximum Gasteiger partial charge on any atom is 0.176 e. The first-order valence-electron chi connectivity index (χ1n) is 5.17. The van der Waals surface area contributed by atoms with Crippen LogP contribution in [-0.4, -0.2) is 32.3 Å². The fourth-order valence-electron chi connectivity index (χ4n) is 1.58.